The number of rotatable bonds is 4. The van der Waals surface area contributed by atoms with Gasteiger partial charge in [0.2, 0.25) is 10.0 Å². The zero-order valence-corrected chi connectivity index (χ0v) is 15.5. The predicted octanol–water partition coefficient (Wildman–Crippen LogP) is 2.63. The van der Waals surface area contributed by atoms with Crippen LogP contribution in [0, 0.1) is 4.77 Å². The summed E-state index contributed by atoms with van der Waals surface area (Å²) in [6, 6.07) is 17.7. The van der Waals surface area contributed by atoms with Gasteiger partial charge in [0.25, 0.3) is 0 Å². The summed E-state index contributed by atoms with van der Waals surface area (Å²) in [5, 5.41) is 19.5. The van der Waals surface area contributed by atoms with E-state index < -0.39 is 10.0 Å². The van der Waals surface area contributed by atoms with Crippen molar-refractivity contribution in [3.63, 3.8) is 0 Å². The third-order valence-electron chi connectivity index (χ3n) is 3.98. The van der Waals surface area contributed by atoms with E-state index >= 15 is 0 Å². The first-order chi connectivity index (χ1) is 12.9. The Morgan fingerprint density at radius 2 is 1.67 bits per heavy atom. The number of nitrogens with zero attached hydrogens (tertiary/aromatic N) is 3. The van der Waals surface area contributed by atoms with E-state index in [1.165, 1.54) is 12.1 Å². The van der Waals surface area contributed by atoms with Crippen LogP contribution in [-0.4, -0.2) is 33.4 Å². The van der Waals surface area contributed by atoms with Crippen molar-refractivity contribution >= 4 is 22.2 Å². The molecule has 0 saturated heterocycles. The molecule has 2 aromatic heterocycles. The lowest BCUT2D eigenvalue weighted by Crippen LogP contribution is -2.12. The molecule has 0 aliphatic carbocycles. The maximum absolute atomic E-state index is 11.4. The topological polar surface area (TPSA) is 122 Å². The van der Waals surface area contributed by atoms with E-state index in [-0.39, 0.29) is 4.90 Å². The van der Waals surface area contributed by atoms with Crippen molar-refractivity contribution in [2.24, 2.45) is 5.14 Å². The normalized spacial score (nSPS) is 11.6. The highest BCUT2D eigenvalue weighted by Gasteiger charge is 2.15. The molecular weight excluding hydrogens is 384 g/mol. The number of aromatic amines is 2. The maximum atomic E-state index is 11.4. The number of nitrogens with two attached hydrogens (primary N) is 1. The summed E-state index contributed by atoms with van der Waals surface area (Å²) >= 11 is 5.33. The van der Waals surface area contributed by atoms with Gasteiger partial charge in [-0.05, 0) is 42.5 Å². The smallest absolute Gasteiger partial charge is 0.238 e. The lowest BCUT2D eigenvalue weighted by molar-refractivity contribution is 0.598. The van der Waals surface area contributed by atoms with Crippen LogP contribution >= 0.6 is 12.2 Å². The Bertz CT molecular complexity index is 1250. The van der Waals surface area contributed by atoms with Gasteiger partial charge >= 0.3 is 0 Å². The van der Waals surface area contributed by atoms with Gasteiger partial charge in [-0.3, -0.25) is 14.8 Å². The molecular formula is C17H14N6O2S2. The molecule has 0 fully saturated rings. The van der Waals surface area contributed by atoms with E-state index in [9.17, 15) is 8.42 Å². The molecule has 0 amide bonds. The molecule has 27 heavy (non-hydrogen) atoms. The van der Waals surface area contributed by atoms with Crippen LogP contribution in [0.5, 0.6) is 0 Å². The molecule has 8 nitrogen and oxygen atoms in total. The van der Waals surface area contributed by atoms with Crippen molar-refractivity contribution in [1.82, 2.24) is 25.0 Å². The summed E-state index contributed by atoms with van der Waals surface area (Å²) < 4.78 is 24.9. The second kappa shape index (κ2) is 6.58. The SMILES string of the molecule is NS(=O)(=O)c1ccc(-n2c(-c3cc(-c4ccccc4)n[nH]3)n[nH]c2=S)cc1. The van der Waals surface area contributed by atoms with E-state index in [0.717, 1.165) is 11.3 Å². The van der Waals surface area contributed by atoms with Gasteiger partial charge in [0.05, 0.1) is 16.3 Å². The summed E-state index contributed by atoms with van der Waals surface area (Å²) in [5.41, 5.74) is 3.05. The van der Waals surface area contributed by atoms with Gasteiger partial charge in [-0.25, -0.2) is 13.6 Å². The molecule has 4 N–H and O–H groups in total. The number of nitrogens with one attached hydrogen (secondary N) is 2. The first-order valence-electron chi connectivity index (χ1n) is 7.85. The quantitative estimate of drug-likeness (QED) is 0.456. The highest BCUT2D eigenvalue weighted by atomic mass is 32.2. The van der Waals surface area contributed by atoms with Crippen molar-refractivity contribution in [3.8, 4) is 28.5 Å². The van der Waals surface area contributed by atoms with Crippen LogP contribution in [0.2, 0.25) is 0 Å². The molecule has 4 rings (SSSR count). The Hall–Kier alpha value is -3.08. The highest BCUT2D eigenvalue weighted by molar-refractivity contribution is 7.89. The average molecular weight is 398 g/mol. The largest absolute Gasteiger partial charge is 0.274 e. The van der Waals surface area contributed by atoms with Gasteiger partial charge < -0.3 is 0 Å². The number of benzene rings is 2. The Morgan fingerprint density at radius 3 is 2.33 bits per heavy atom. The Kier molecular flexibility index (Phi) is 4.22. The van der Waals surface area contributed by atoms with E-state index in [2.05, 4.69) is 20.4 Å². The molecule has 0 saturated carbocycles. The fourth-order valence-electron chi connectivity index (χ4n) is 2.70. The second-order valence-corrected chi connectivity index (χ2v) is 7.71. The van der Waals surface area contributed by atoms with Gasteiger partial charge in [-0.2, -0.15) is 10.2 Å². The van der Waals surface area contributed by atoms with Gasteiger partial charge in [0.15, 0.2) is 10.6 Å². The van der Waals surface area contributed by atoms with Gasteiger partial charge in [0, 0.05) is 5.56 Å². The molecule has 0 atom stereocenters. The number of sulfonamides is 1. The lowest BCUT2D eigenvalue weighted by Gasteiger charge is -2.06. The fraction of sp³-hybridized carbons (Fsp3) is 0. The van der Waals surface area contributed by atoms with Crippen LogP contribution in [0.25, 0.3) is 28.5 Å². The van der Waals surface area contributed by atoms with Crippen molar-refractivity contribution in [3.05, 3.63) is 65.4 Å². The van der Waals surface area contributed by atoms with E-state index in [0.29, 0.717) is 22.0 Å². The first-order valence-corrected chi connectivity index (χ1v) is 9.81. The monoisotopic (exact) mass is 398 g/mol. The standard InChI is InChI=1S/C17H14N6O2S2/c18-27(24,25)13-8-6-12(7-9-13)23-16(21-22-17(23)26)15-10-14(19-20-15)11-4-2-1-3-5-11/h1-10H,(H,19,20)(H,22,26)(H2,18,24,25). The molecule has 10 heteroatoms. The first kappa shape index (κ1) is 17.3. The summed E-state index contributed by atoms with van der Waals surface area (Å²) in [4.78, 5) is 0.0238. The third-order valence-corrected chi connectivity index (χ3v) is 5.19. The third kappa shape index (κ3) is 3.33. The van der Waals surface area contributed by atoms with Crippen LogP contribution in [0.15, 0.2) is 65.6 Å². The van der Waals surface area contributed by atoms with Crippen LogP contribution < -0.4 is 5.14 Å². The number of primary sulfonamides is 1. The van der Waals surface area contributed by atoms with Crippen molar-refractivity contribution < 1.29 is 8.42 Å². The molecule has 0 aliphatic heterocycles. The number of H-pyrrole nitrogens is 2. The summed E-state index contributed by atoms with van der Waals surface area (Å²) in [7, 11) is -3.76. The number of hydrogen-bond acceptors (Lipinski definition) is 5. The Balaban J connectivity index is 1.77. The summed E-state index contributed by atoms with van der Waals surface area (Å²) in [6.45, 7) is 0. The summed E-state index contributed by atoms with van der Waals surface area (Å²) in [5.74, 6) is 0.526. The van der Waals surface area contributed by atoms with E-state index in [1.807, 2.05) is 36.4 Å². The second-order valence-electron chi connectivity index (χ2n) is 5.76. The number of hydrogen-bond donors (Lipinski definition) is 3. The molecule has 0 aliphatic rings. The van der Waals surface area contributed by atoms with Crippen molar-refractivity contribution in [2.45, 2.75) is 4.90 Å². The zero-order valence-electron chi connectivity index (χ0n) is 13.8. The zero-order chi connectivity index (χ0) is 19.0. The Labute approximate surface area is 159 Å². The van der Waals surface area contributed by atoms with Gasteiger partial charge in [-0.15, -0.1) is 0 Å². The fourth-order valence-corrected chi connectivity index (χ4v) is 3.45. The van der Waals surface area contributed by atoms with Crippen LogP contribution in [0.3, 0.4) is 0 Å². The lowest BCUT2D eigenvalue weighted by atomic mass is 10.1. The Morgan fingerprint density at radius 1 is 0.963 bits per heavy atom. The minimum Gasteiger partial charge on any atom is -0.274 e. The molecule has 0 unspecified atom stereocenters. The summed E-state index contributed by atoms with van der Waals surface area (Å²) in [6.07, 6.45) is 0. The molecule has 2 heterocycles. The van der Waals surface area contributed by atoms with E-state index in [1.54, 1.807) is 16.7 Å². The van der Waals surface area contributed by atoms with Crippen LogP contribution in [-0.2, 0) is 10.0 Å². The maximum Gasteiger partial charge on any atom is 0.238 e. The molecule has 136 valence electrons. The minimum atomic E-state index is -3.76. The molecule has 0 bridgehead atoms. The molecule has 0 spiro atoms. The molecule has 2 aromatic carbocycles. The van der Waals surface area contributed by atoms with Crippen LogP contribution in [0.4, 0.5) is 0 Å². The van der Waals surface area contributed by atoms with E-state index in [4.69, 9.17) is 17.4 Å². The van der Waals surface area contributed by atoms with Crippen LogP contribution in [0.1, 0.15) is 0 Å². The average Bonchev–Trinajstić information content (AvgIpc) is 3.28. The number of aromatic nitrogens is 5. The predicted molar refractivity (Wildman–Crippen MR) is 103 cm³/mol. The molecule has 4 aromatic rings. The van der Waals surface area contributed by atoms with Crippen molar-refractivity contribution in [1.29, 1.82) is 0 Å². The highest BCUT2D eigenvalue weighted by Crippen LogP contribution is 2.25. The minimum absolute atomic E-state index is 0.0238. The van der Waals surface area contributed by atoms with Gasteiger partial charge in [0.1, 0.15) is 5.69 Å². The molecule has 0 radical (unpaired) electrons. The van der Waals surface area contributed by atoms with Gasteiger partial charge in [-0.1, -0.05) is 30.3 Å². The van der Waals surface area contributed by atoms with Crippen molar-refractivity contribution in [2.75, 3.05) is 0 Å².